The lowest BCUT2D eigenvalue weighted by Gasteiger charge is -2.33. The Morgan fingerprint density at radius 3 is 2.81 bits per heavy atom. The van der Waals surface area contributed by atoms with E-state index in [-0.39, 0.29) is 24.2 Å². The smallest absolute Gasteiger partial charge is 0.340 e. The van der Waals surface area contributed by atoms with E-state index in [4.69, 9.17) is 19.2 Å². The number of nitrogens with zero attached hydrogens (tertiary/aromatic N) is 5. The van der Waals surface area contributed by atoms with Crippen LogP contribution in [0.4, 0.5) is 11.5 Å². The first-order valence-corrected chi connectivity index (χ1v) is 12.4. The number of hydrogen-bond acceptors (Lipinski definition) is 9. The van der Waals surface area contributed by atoms with Crippen molar-refractivity contribution in [3.8, 4) is 11.5 Å². The third-order valence-corrected chi connectivity index (χ3v) is 7.14. The van der Waals surface area contributed by atoms with Crippen molar-refractivity contribution in [3.63, 3.8) is 0 Å². The van der Waals surface area contributed by atoms with Gasteiger partial charge in [0, 0.05) is 38.2 Å². The van der Waals surface area contributed by atoms with E-state index in [1.165, 1.54) is 19.6 Å². The second-order valence-corrected chi connectivity index (χ2v) is 9.38. The molecule has 36 heavy (non-hydrogen) atoms. The number of benzene rings is 1. The van der Waals surface area contributed by atoms with Crippen LogP contribution in [0.25, 0.3) is 11.2 Å². The Bertz CT molecular complexity index is 1340. The summed E-state index contributed by atoms with van der Waals surface area (Å²) in [7, 11) is 1.30. The van der Waals surface area contributed by atoms with Crippen LogP contribution in [-0.4, -0.2) is 58.4 Å². The average molecular weight is 493 g/mol. The van der Waals surface area contributed by atoms with Crippen LogP contribution in [0.5, 0.6) is 11.5 Å². The summed E-state index contributed by atoms with van der Waals surface area (Å²) in [6, 6.07) is 3.15. The van der Waals surface area contributed by atoms with Gasteiger partial charge in [-0.05, 0) is 25.7 Å². The average Bonchev–Trinajstić information content (AvgIpc) is 3.44. The Labute approximate surface area is 207 Å². The molecule has 11 nitrogen and oxygen atoms in total. The van der Waals surface area contributed by atoms with Crippen molar-refractivity contribution in [1.29, 1.82) is 0 Å². The molecular formula is C25H28N6O5. The lowest BCUT2D eigenvalue weighted by atomic mass is 9.96. The SMILES string of the molecule is COC(=O)c1cc2c(cc1NC(=O)[C@H]1CCCN(c3ncnc4c3nc3n4CCCCC3)C1)OCO2. The fourth-order valence-electron chi connectivity index (χ4n) is 5.30. The Balaban J connectivity index is 1.25. The highest BCUT2D eigenvalue weighted by Crippen LogP contribution is 2.38. The minimum Gasteiger partial charge on any atom is -0.465 e. The summed E-state index contributed by atoms with van der Waals surface area (Å²) in [6.45, 7) is 2.27. The van der Waals surface area contributed by atoms with Gasteiger partial charge in [0.25, 0.3) is 0 Å². The number of nitrogens with one attached hydrogen (secondary N) is 1. The number of imidazole rings is 1. The van der Waals surface area contributed by atoms with Crippen LogP contribution in [-0.2, 0) is 22.5 Å². The number of rotatable bonds is 4. The monoisotopic (exact) mass is 492 g/mol. The van der Waals surface area contributed by atoms with Crippen LogP contribution in [0.2, 0.25) is 0 Å². The van der Waals surface area contributed by atoms with Gasteiger partial charge in [0.1, 0.15) is 12.2 Å². The molecule has 5 heterocycles. The number of esters is 1. The molecule has 0 radical (unpaired) electrons. The van der Waals surface area contributed by atoms with Crippen LogP contribution in [0.3, 0.4) is 0 Å². The molecule has 6 rings (SSSR count). The number of aryl methyl sites for hydroxylation is 2. The predicted octanol–water partition coefficient (Wildman–Crippen LogP) is 2.92. The van der Waals surface area contributed by atoms with Gasteiger partial charge >= 0.3 is 5.97 Å². The van der Waals surface area contributed by atoms with Crippen LogP contribution in [0, 0.1) is 5.92 Å². The van der Waals surface area contributed by atoms with E-state index in [1.54, 1.807) is 12.4 Å². The number of methoxy groups -OCH3 is 1. The zero-order valence-corrected chi connectivity index (χ0v) is 20.2. The zero-order chi connectivity index (χ0) is 24.6. The minimum absolute atomic E-state index is 0.0653. The van der Waals surface area contributed by atoms with Gasteiger partial charge in [0.2, 0.25) is 12.7 Å². The van der Waals surface area contributed by atoms with Crippen LogP contribution in [0.1, 0.15) is 48.3 Å². The summed E-state index contributed by atoms with van der Waals surface area (Å²) in [4.78, 5) is 41.9. The summed E-state index contributed by atoms with van der Waals surface area (Å²) in [5, 5.41) is 2.93. The highest BCUT2D eigenvalue weighted by molar-refractivity contribution is 6.03. The molecule has 1 atom stereocenters. The molecule has 3 aliphatic rings. The maximum absolute atomic E-state index is 13.4. The van der Waals surface area contributed by atoms with E-state index in [0.29, 0.717) is 23.7 Å². The summed E-state index contributed by atoms with van der Waals surface area (Å²) >= 11 is 0. The van der Waals surface area contributed by atoms with E-state index in [0.717, 1.165) is 68.0 Å². The first-order valence-electron chi connectivity index (χ1n) is 12.4. The van der Waals surface area contributed by atoms with Crippen molar-refractivity contribution < 1.29 is 23.8 Å². The van der Waals surface area contributed by atoms with Crippen LogP contribution in [0.15, 0.2) is 18.5 Å². The number of aromatic nitrogens is 4. The molecule has 2 aromatic heterocycles. The highest BCUT2D eigenvalue weighted by atomic mass is 16.7. The fourth-order valence-corrected chi connectivity index (χ4v) is 5.30. The van der Waals surface area contributed by atoms with E-state index in [1.807, 2.05) is 0 Å². The Morgan fingerprint density at radius 2 is 1.94 bits per heavy atom. The topological polar surface area (TPSA) is 121 Å². The molecule has 1 saturated heterocycles. The summed E-state index contributed by atoms with van der Waals surface area (Å²) in [5.41, 5.74) is 2.24. The van der Waals surface area contributed by atoms with Gasteiger partial charge in [0.05, 0.1) is 24.3 Å². The van der Waals surface area contributed by atoms with Crippen molar-refractivity contribution in [2.24, 2.45) is 5.92 Å². The molecule has 1 aromatic carbocycles. The first-order chi connectivity index (χ1) is 17.6. The number of amides is 1. The van der Waals surface area contributed by atoms with E-state index in [9.17, 15) is 9.59 Å². The van der Waals surface area contributed by atoms with E-state index < -0.39 is 5.97 Å². The van der Waals surface area contributed by atoms with Gasteiger partial charge in [-0.25, -0.2) is 19.7 Å². The molecular weight excluding hydrogens is 464 g/mol. The molecule has 188 valence electrons. The van der Waals surface area contributed by atoms with Gasteiger partial charge in [-0.3, -0.25) is 4.79 Å². The van der Waals surface area contributed by atoms with Crippen molar-refractivity contribution in [1.82, 2.24) is 19.5 Å². The summed E-state index contributed by atoms with van der Waals surface area (Å²) < 4.78 is 17.9. The largest absolute Gasteiger partial charge is 0.465 e. The van der Waals surface area contributed by atoms with Crippen LogP contribution >= 0.6 is 0 Å². The Morgan fingerprint density at radius 1 is 1.08 bits per heavy atom. The lowest BCUT2D eigenvalue weighted by Crippen LogP contribution is -2.41. The van der Waals surface area contributed by atoms with Crippen LogP contribution < -0.4 is 19.7 Å². The quantitative estimate of drug-likeness (QED) is 0.548. The summed E-state index contributed by atoms with van der Waals surface area (Å²) in [5.74, 6) is 1.74. The number of carbonyl (C=O) groups is 2. The molecule has 3 aliphatic heterocycles. The highest BCUT2D eigenvalue weighted by Gasteiger charge is 2.30. The maximum Gasteiger partial charge on any atom is 0.340 e. The number of fused-ring (bicyclic) bond motifs is 4. The third-order valence-electron chi connectivity index (χ3n) is 7.14. The van der Waals surface area contributed by atoms with Gasteiger partial charge in [-0.2, -0.15) is 0 Å². The van der Waals surface area contributed by atoms with Crippen molar-refractivity contribution in [3.05, 3.63) is 29.8 Å². The maximum atomic E-state index is 13.4. The number of carbonyl (C=O) groups excluding carboxylic acids is 2. The molecule has 1 fully saturated rings. The van der Waals surface area contributed by atoms with Crippen molar-refractivity contribution >= 4 is 34.5 Å². The molecule has 1 N–H and O–H groups in total. The molecule has 0 saturated carbocycles. The molecule has 3 aromatic rings. The zero-order valence-electron chi connectivity index (χ0n) is 20.2. The number of hydrogen-bond donors (Lipinski definition) is 1. The van der Waals surface area contributed by atoms with Gasteiger partial charge in [0.15, 0.2) is 28.5 Å². The van der Waals surface area contributed by atoms with Crippen molar-refractivity contribution in [2.75, 3.05) is 37.2 Å². The molecule has 0 spiro atoms. The number of ether oxygens (including phenoxy) is 3. The van der Waals surface area contributed by atoms with Crippen molar-refractivity contribution in [2.45, 2.75) is 45.1 Å². The van der Waals surface area contributed by atoms with Gasteiger partial charge < -0.3 is 29.0 Å². The normalized spacial score (nSPS) is 19.0. The third kappa shape index (κ3) is 3.98. The second-order valence-electron chi connectivity index (χ2n) is 9.38. The molecule has 0 aliphatic carbocycles. The summed E-state index contributed by atoms with van der Waals surface area (Å²) in [6.07, 6.45) is 7.56. The second kappa shape index (κ2) is 9.29. The predicted molar refractivity (Wildman–Crippen MR) is 130 cm³/mol. The molecule has 0 unspecified atom stereocenters. The van der Waals surface area contributed by atoms with E-state index in [2.05, 4.69) is 24.8 Å². The Kier molecular flexibility index (Phi) is 5.82. The molecule has 1 amide bonds. The Hall–Kier alpha value is -3.89. The fraction of sp³-hybridized carbons (Fsp3) is 0.480. The van der Waals surface area contributed by atoms with Gasteiger partial charge in [-0.1, -0.05) is 6.42 Å². The standard InChI is InChI=1S/C25H28N6O5/c1-34-25(33)16-10-18-19(36-14-35-18)11-17(16)28-24(32)15-6-5-8-30(12-15)22-21-23(27-13-26-22)31-9-4-2-3-7-20(31)29-21/h10-11,13,15H,2-9,12,14H2,1H3,(H,28,32)/t15-/m0/s1. The minimum atomic E-state index is -0.559. The number of piperidine rings is 1. The molecule has 0 bridgehead atoms. The first kappa shape index (κ1) is 22.6. The lowest BCUT2D eigenvalue weighted by molar-refractivity contribution is -0.120. The molecule has 11 heteroatoms. The van der Waals surface area contributed by atoms with E-state index >= 15 is 0 Å². The number of anilines is 2. The van der Waals surface area contributed by atoms with Gasteiger partial charge in [-0.15, -0.1) is 0 Å².